The maximum absolute atomic E-state index is 12.8. The number of carbonyl (C=O) groups excluding carboxylic acids is 1. The zero-order valence-electron chi connectivity index (χ0n) is 15.3. The molecule has 2 saturated heterocycles. The van der Waals surface area contributed by atoms with Gasteiger partial charge in [0, 0.05) is 32.3 Å². The number of likely N-dealkylation sites (tertiary alicyclic amines) is 1. The van der Waals surface area contributed by atoms with E-state index in [1.54, 1.807) is 0 Å². The Morgan fingerprint density at radius 2 is 2.08 bits per heavy atom. The highest BCUT2D eigenvalue weighted by Crippen LogP contribution is 2.31. The van der Waals surface area contributed by atoms with Crippen LogP contribution in [0.15, 0.2) is 18.3 Å². The minimum Gasteiger partial charge on any atom is -0.485 e. The molecule has 0 spiro atoms. The molecule has 2 aliphatic heterocycles. The summed E-state index contributed by atoms with van der Waals surface area (Å²) in [5.74, 6) is 1.84. The number of rotatable bonds is 4. The molecule has 0 aromatic carbocycles. The molecule has 0 aliphatic carbocycles. The number of ether oxygens (including phenoxy) is 1. The van der Waals surface area contributed by atoms with Crippen LogP contribution < -0.4 is 9.64 Å². The predicted molar refractivity (Wildman–Crippen MR) is 102 cm³/mol. The summed E-state index contributed by atoms with van der Waals surface area (Å²) in [7, 11) is 0. The van der Waals surface area contributed by atoms with Crippen LogP contribution in [0.5, 0.6) is 5.75 Å². The second-order valence-corrected chi connectivity index (χ2v) is 8.15. The first kappa shape index (κ1) is 17.3. The monoisotopic (exact) mass is 372 g/mol. The number of hydrogen-bond acceptors (Lipinski definition) is 6. The van der Waals surface area contributed by atoms with Crippen molar-refractivity contribution in [3.63, 3.8) is 0 Å². The van der Waals surface area contributed by atoms with Crippen molar-refractivity contribution >= 4 is 23.1 Å². The number of anilines is 1. The summed E-state index contributed by atoms with van der Waals surface area (Å²) < 4.78 is 6.26. The third kappa shape index (κ3) is 3.40. The van der Waals surface area contributed by atoms with Gasteiger partial charge in [-0.15, -0.1) is 11.3 Å². The van der Waals surface area contributed by atoms with Crippen molar-refractivity contribution in [1.82, 2.24) is 14.9 Å². The maximum Gasteiger partial charge on any atom is 0.265 e. The fourth-order valence-electron chi connectivity index (χ4n) is 3.70. The summed E-state index contributed by atoms with van der Waals surface area (Å²) >= 11 is 1.47. The Morgan fingerprint density at radius 3 is 2.81 bits per heavy atom. The number of nitrogens with zero attached hydrogens (tertiary/aromatic N) is 4. The van der Waals surface area contributed by atoms with Gasteiger partial charge in [-0.05, 0) is 38.8 Å². The molecule has 0 N–H and O–H groups in total. The van der Waals surface area contributed by atoms with E-state index in [0.717, 1.165) is 53.2 Å². The fourth-order valence-corrected chi connectivity index (χ4v) is 4.59. The Balaban J connectivity index is 1.43. The van der Waals surface area contributed by atoms with Gasteiger partial charge in [0.05, 0.1) is 17.2 Å². The summed E-state index contributed by atoms with van der Waals surface area (Å²) in [6, 6.07) is 3.90. The standard InChI is InChI=1S/C19H24N4O2S/c1-13-17(26-14(2)21-13)19(24)23-11-7-15(12-23)25-16-6-5-8-20-18(16)22-9-3-4-10-22/h5-6,8,15H,3-4,7,9-12H2,1-2H3/t15-/m1/s1. The van der Waals surface area contributed by atoms with E-state index < -0.39 is 0 Å². The highest BCUT2D eigenvalue weighted by molar-refractivity contribution is 7.13. The molecule has 2 aromatic rings. The van der Waals surface area contributed by atoms with Gasteiger partial charge < -0.3 is 14.5 Å². The molecule has 4 rings (SSSR count). The van der Waals surface area contributed by atoms with Gasteiger partial charge in [0.1, 0.15) is 11.0 Å². The number of aryl methyl sites for hydroxylation is 2. The highest BCUT2D eigenvalue weighted by Gasteiger charge is 2.31. The van der Waals surface area contributed by atoms with Gasteiger partial charge in [0.2, 0.25) is 0 Å². The van der Waals surface area contributed by atoms with Crippen molar-refractivity contribution < 1.29 is 9.53 Å². The Labute approximate surface area is 157 Å². The summed E-state index contributed by atoms with van der Waals surface area (Å²) in [5.41, 5.74) is 0.824. The number of pyridine rings is 1. The lowest BCUT2D eigenvalue weighted by Gasteiger charge is -2.22. The Morgan fingerprint density at radius 1 is 1.27 bits per heavy atom. The molecule has 2 fully saturated rings. The molecule has 0 unspecified atom stereocenters. The SMILES string of the molecule is Cc1nc(C)c(C(=O)N2CC[C@@H](Oc3cccnc3N3CCCC3)C2)s1. The van der Waals surface area contributed by atoms with Gasteiger partial charge in [0.15, 0.2) is 11.6 Å². The first-order chi connectivity index (χ1) is 12.6. The molecule has 4 heterocycles. The van der Waals surface area contributed by atoms with E-state index in [0.29, 0.717) is 6.54 Å². The summed E-state index contributed by atoms with van der Waals surface area (Å²) in [5, 5.41) is 0.934. The van der Waals surface area contributed by atoms with Crippen molar-refractivity contribution in [2.24, 2.45) is 0 Å². The zero-order chi connectivity index (χ0) is 18.1. The lowest BCUT2D eigenvalue weighted by Crippen LogP contribution is -2.31. The number of carbonyl (C=O) groups is 1. The van der Waals surface area contributed by atoms with Crippen LogP contribution in [0, 0.1) is 13.8 Å². The first-order valence-corrected chi connectivity index (χ1v) is 10.0. The Kier molecular flexibility index (Phi) is 4.80. The molecular formula is C19H24N4O2S. The summed E-state index contributed by atoms with van der Waals surface area (Å²) in [6.45, 7) is 7.24. The number of aromatic nitrogens is 2. The second kappa shape index (κ2) is 7.23. The van der Waals surface area contributed by atoms with Crippen LogP contribution >= 0.6 is 11.3 Å². The minimum atomic E-state index is 0.0128. The third-order valence-corrected chi connectivity index (χ3v) is 6.04. The van der Waals surface area contributed by atoms with Crippen molar-refractivity contribution in [2.45, 2.75) is 39.2 Å². The van der Waals surface area contributed by atoms with Crippen molar-refractivity contribution in [3.05, 3.63) is 33.9 Å². The highest BCUT2D eigenvalue weighted by atomic mass is 32.1. The molecule has 6 nitrogen and oxygen atoms in total. The number of amides is 1. The molecular weight excluding hydrogens is 348 g/mol. The second-order valence-electron chi connectivity index (χ2n) is 6.95. The largest absolute Gasteiger partial charge is 0.485 e. The minimum absolute atomic E-state index is 0.0128. The van der Waals surface area contributed by atoms with E-state index in [4.69, 9.17) is 4.74 Å². The zero-order valence-corrected chi connectivity index (χ0v) is 16.1. The van der Waals surface area contributed by atoms with Crippen LogP contribution in [0.4, 0.5) is 5.82 Å². The number of hydrogen-bond donors (Lipinski definition) is 0. The molecule has 0 saturated carbocycles. The van der Waals surface area contributed by atoms with Gasteiger partial charge in [0.25, 0.3) is 5.91 Å². The van der Waals surface area contributed by atoms with E-state index >= 15 is 0 Å². The summed E-state index contributed by atoms with van der Waals surface area (Å²) in [4.78, 5) is 26.6. The van der Waals surface area contributed by atoms with E-state index in [1.807, 2.05) is 37.1 Å². The van der Waals surface area contributed by atoms with E-state index in [1.165, 1.54) is 24.2 Å². The van der Waals surface area contributed by atoms with Gasteiger partial charge in [-0.1, -0.05) is 0 Å². The molecule has 0 radical (unpaired) electrons. The van der Waals surface area contributed by atoms with E-state index in [9.17, 15) is 4.79 Å². The van der Waals surface area contributed by atoms with Gasteiger partial charge in [-0.2, -0.15) is 0 Å². The number of thiazole rings is 1. The van der Waals surface area contributed by atoms with Crippen molar-refractivity contribution in [3.8, 4) is 5.75 Å². The molecule has 1 atom stereocenters. The predicted octanol–water partition coefficient (Wildman–Crippen LogP) is 3.05. The van der Waals surface area contributed by atoms with E-state index in [2.05, 4.69) is 14.9 Å². The Hall–Kier alpha value is -2.15. The van der Waals surface area contributed by atoms with Crippen LogP contribution in [0.25, 0.3) is 0 Å². The smallest absolute Gasteiger partial charge is 0.265 e. The molecule has 2 aliphatic rings. The fraction of sp³-hybridized carbons (Fsp3) is 0.526. The summed E-state index contributed by atoms with van der Waals surface area (Å²) in [6.07, 6.45) is 5.08. The topological polar surface area (TPSA) is 58.6 Å². The molecule has 138 valence electrons. The van der Waals surface area contributed by atoms with Gasteiger partial charge in [-0.25, -0.2) is 9.97 Å². The van der Waals surface area contributed by atoms with Crippen LogP contribution in [0.3, 0.4) is 0 Å². The normalized spacial score (nSPS) is 20.0. The quantitative estimate of drug-likeness (QED) is 0.826. The van der Waals surface area contributed by atoms with Crippen LogP contribution in [-0.4, -0.2) is 53.1 Å². The van der Waals surface area contributed by atoms with Crippen LogP contribution in [-0.2, 0) is 0 Å². The molecule has 0 bridgehead atoms. The van der Waals surface area contributed by atoms with Gasteiger partial charge >= 0.3 is 0 Å². The first-order valence-electron chi connectivity index (χ1n) is 9.22. The molecule has 7 heteroatoms. The third-order valence-electron chi connectivity index (χ3n) is 4.98. The molecule has 1 amide bonds. The van der Waals surface area contributed by atoms with E-state index in [-0.39, 0.29) is 12.0 Å². The van der Waals surface area contributed by atoms with Crippen LogP contribution in [0.2, 0.25) is 0 Å². The van der Waals surface area contributed by atoms with Crippen molar-refractivity contribution in [2.75, 3.05) is 31.1 Å². The lowest BCUT2D eigenvalue weighted by atomic mass is 10.3. The molecule has 26 heavy (non-hydrogen) atoms. The van der Waals surface area contributed by atoms with Crippen LogP contribution in [0.1, 0.15) is 39.6 Å². The van der Waals surface area contributed by atoms with Crippen molar-refractivity contribution in [1.29, 1.82) is 0 Å². The Bertz CT molecular complexity index is 801. The van der Waals surface area contributed by atoms with Gasteiger partial charge in [-0.3, -0.25) is 4.79 Å². The molecule has 2 aromatic heterocycles. The average molecular weight is 372 g/mol. The maximum atomic E-state index is 12.8. The lowest BCUT2D eigenvalue weighted by molar-refractivity contribution is 0.0776. The average Bonchev–Trinajstić information content (AvgIpc) is 3.36.